The molecule has 2 saturated heterocycles. The lowest BCUT2D eigenvalue weighted by atomic mass is 9.98. The second-order valence-electron chi connectivity index (χ2n) is 9.47. The first-order valence-electron chi connectivity index (χ1n) is 12.5. The van der Waals surface area contributed by atoms with E-state index in [0.29, 0.717) is 31.0 Å². The van der Waals surface area contributed by atoms with Crippen LogP contribution in [0.4, 0.5) is 4.79 Å². The molecule has 0 bridgehead atoms. The van der Waals surface area contributed by atoms with Crippen molar-refractivity contribution >= 4 is 40.4 Å². The van der Waals surface area contributed by atoms with Gasteiger partial charge in [0.05, 0.1) is 5.02 Å². The van der Waals surface area contributed by atoms with E-state index in [-0.39, 0.29) is 11.8 Å². The third-order valence-corrected chi connectivity index (χ3v) is 7.34. The number of carbonyl (C=O) groups is 3. The number of carbonyl (C=O) groups excluding carboxylic acids is 2. The number of nitrogens with zero attached hydrogens (tertiary/aromatic N) is 2. The average molecular weight is 504 g/mol. The lowest BCUT2D eigenvalue weighted by molar-refractivity contribution is -0.149. The van der Waals surface area contributed by atoms with Gasteiger partial charge in [0.25, 0.3) is 0 Å². The molecule has 0 unspecified atom stereocenters. The van der Waals surface area contributed by atoms with E-state index in [9.17, 15) is 19.5 Å². The summed E-state index contributed by atoms with van der Waals surface area (Å²) in [5.41, 5.74) is 1.83. The van der Waals surface area contributed by atoms with E-state index in [2.05, 4.69) is 20.5 Å². The minimum atomic E-state index is -1.22. The fourth-order valence-electron chi connectivity index (χ4n) is 4.95. The van der Waals surface area contributed by atoms with Crippen LogP contribution in [0.1, 0.15) is 50.5 Å². The molecule has 3 amide bonds. The minimum Gasteiger partial charge on any atom is -0.465 e. The number of piperidine rings is 1. The van der Waals surface area contributed by atoms with Crippen molar-refractivity contribution in [2.75, 3.05) is 26.2 Å². The number of amides is 3. The van der Waals surface area contributed by atoms with E-state index < -0.39 is 18.2 Å². The van der Waals surface area contributed by atoms with E-state index in [4.69, 9.17) is 11.6 Å². The Hall–Kier alpha value is -2.78. The third kappa shape index (κ3) is 6.46. The highest BCUT2D eigenvalue weighted by Crippen LogP contribution is 2.24. The number of unbranched alkanes of at least 4 members (excludes halogenated alkanes) is 1. The van der Waals surface area contributed by atoms with Gasteiger partial charge in [-0.1, -0.05) is 24.1 Å². The Kier molecular flexibility index (Phi) is 8.51. The molecule has 2 aliphatic rings. The van der Waals surface area contributed by atoms with E-state index >= 15 is 0 Å². The summed E-state index contributed by atoms with van der Waals surface area (Å²) >= 11 is 6.18. The number of likely N-dealkylation sites (tertiary alicyclic amines) is 2. The number of H-pyrrole nitrogens is 1. The summed E-state index contributed by atoms with van der Waals surface area (Å²) in [7, 11) is 0. The highest BCUT2D eigenvalue weighted by atomic mass is 35.5. The first-order valence-corrected chi connectivity index (χ1v) is 12.9. The van der Waals surface area contributed by atoms with E-state index in [1.54, 1.807) is 6.20 Å². The number of aromatic amines is 1. The predicted octanol–water partition coefficient (Wildman–Crippen LogP) is 3.33. The molecule has 9 nitrogen and oxygen atoms in total. The molecule has 2 aromatic rings. The van der Waals surface area contributed by atoms with Crippen molar-refractivity contribution in [3.05, 3.63) is 35.0 Å². The third-order valence-electron chi connectivity index (χ3n) is 7.03. The Bertz CT molecular complexity index is 1050. The van der Waals surface area contributed by atoms with Crippen LogP contribution in [0.5, 0.6) is 0 Å². The zero-order valence-electron chi connectivity index (χ0n) is 19.9. The van der Waals surface area contributed by atoms with Crippen LogP contribution in [0, 0.1) is 0 Å². The summed E-state index contributed by atoms with van der Waals surface area (Å²) in [6.45, 7) is 3.98. The number of hydrogen-bond donors (Lipinski definition) is 4. The van der Waals surface area contributed by atoms with Crippen LogP contribution >= 0.6 is 11.6 Å². The van der Waals surface area contributed by atoms with Crippen LogP contribution in [-0.2, 0) is 16.1 Å². The molecule has 1 aromatic carbocycles. The zero-order valence-corrected chi connectivity index (χ0v) is 20.6. The van der Waals surface area contributed by atoms with Crippen LogP contribution in [-0.4, -0.2) is 76.1 Å². The van der Waals surface area contributed by atoms with Gasteiger partial charge in [0.15, 0.2) is 0 Å². The number of carboxylic acid groups (broad SMARTS) is 1. The largest absolute Gasteiger partial charge is 0.465 e. The van der Waals surface area contributed by atoms with Crippen molar-refractivity contribution < 1.29 is 19.5 Å². The number of hydrogen-bond acceptors (Lipinski definition) is 4. The Balaban J connectivity index is 1.27. The van der Waals surface area contributed by atoms with Gasteiger partial charge in [0.2, 0.25) is 11.8 Å². The lowest BCUT2D eigenvalue weighted by Gasteiger charge is -2.41. The Morgan fingerprint density at radius 2 is 1.94 bits per heavy atom. The van der Waals surface area contributed by atoms with Crippen LogP contribution in [0.3, 0.4) is 0 Å². The molecule has 4 rings (SSSR count). The van der Waals surface area contributed by atoms with Crippen molar-refractivity contribution in [2.45, 2.75) is 63.6 Å². The smallest absolute Gasteiger partial charge is 0.405 e. The summed E-state index contributed by atoms with van der Waals surface area (Å²) in [4.78, 5) is 44.2. The van der Waals surface area contributed by atoms with Gasteiger partial charge in [-0.05, 0) is 75.9 Å². The van der Waals surface area contributed by atoms with Gasteiger partial charge in [-0.3, -0.25) is 9.59 Å². The average Bonchev–Trinajstić information content (AvgIpc) is 3.19. The normalized spacial score (nSPS) is 19.2. The molecular formula is C25H34ClN5O4. The zero-order chi connectivity index (χ0) is 24.8. The topological polar surface area (TPSA) is 118 Å². The fraction of sp³-hybridized carbons (Fsp3) is 0.560. The molecule has 2 aliphatic heterocycles. The Morgan fingerprint density at radius 1 is 1.14 bits per heavy atom. The fourth-order valence-corrected chi connectivity index (χ4v) is 5.16. The van der Waals surface area contributed by atoms with Gasteiger partial charge in [-0.15, -0.1) is 0 Å². The monoisotopic (exact) mass is 503 g/mol. The van der Waals surface area contributed by atoms with Gasteiger partial charge >= 0.3 is 6.09 Å². The summed E-state index contributed by atoms with van der Waals surface area (Å²) in [6.07, 6.45) is 6.92. The van der Waals surface area contributed by atoms with Gasteiger partial charge < -0.3 is 30.5 Å². The second-order valence-corrected chi connectivity index (χ2v) is 9.88. The SMILES string of the molecule is O=C(O)N[C@H](CCCCN1CCCCC1)C(=O)N1CC[C@H]1C(=O)NCc1ccc2[nH]cc(Cl)c2c1. The van der Waals surface area contributed by atoms with E-state index in [0.717, 1.165) is 48.9 Å². The number of nitrogens with one attached hydrogen (secondary N) is 3. The van der Waals surface area contributed by atoms with Gasteiger partial charge in [-0.2, -0.15) is 0 Å². The Morgan fingerprint density at radius 3 is 2.66 bits per heavy atom. The van der Waals surface area contributed by atoms with Crippen molar-refractivity contribution in [3.8, 4) is 0 Å². The molecule has 2 fully saturated rings. The molecular weight excluding hydrogens is 470 g/mol. The number of rotatable bonds is 10. The maximum absolute atomic E-state index is 13.1. The molecule has 35 heavy (non-hydrogen) atoms. The molecule has 0 saturated carbocycles. The molecule has 190 valence electrons. The molecule has 3 heterocycles. The second kappa shape index (κ2) is 11.8. The number of benzene rings is 1. The molecule has 0 radical (unpaired) electrons. The Labute approximate surface area is 210 Å². The highest BCUT2D eigenvalue weighted by molar-refractivity contribution is 6.35. The van der Waals surface area contributed by atoms with Gasteiger partial charge in [0, 0.05) is 30.2 Å². The molecule has 0 aliphatic carbocycles. The van der Waals surface area contributed by atoms with Gasteiger partial charge in [-0.25, -0.2) is 4.79 Å². The van der Waals surface area contributed by atoms with Gasteiger partial charge in [0.1, 0.15) is 12.1 Å². The number of halogens is 1. The maximum atomic E-state index is 13.1. The summed E-state index contributed by atoms with van der Waals surface area (Å²) in [5.74, 6) is -0.554. The summed E-state index contributed by atoms with van der Waals surface area (Å²) < 4.78 is 0. The standard InChI is InChI=1S/C25H34ClN5O4/c26-19-16-27-20-8-7-17(14-18(19)20)15-28-23(32)22-9-13-31(22)24(33)21(29-25(34)35)6-2-5-12-30-10-3-1-4-11-30/h7-8,14,16,21-22,27,29H,1-6,9-13,15H2,(H,28,32)(H,34,35)/t21-,22+/m1/s1. The van der Waals surface area contributed by atoms with Crippen molar-refractivity contribution in [3.63, 3.8) is 0 Å². The molecule has 1 aromatic heterocycles. The molecule has 10 heteroatoms. The predicted molar refractivity (Wildman–Crippen MR) is 134 cm³/mol. The van der Waals surface area contributed by atoms with Crippen LogP contribution < -0.4 is 10.6 Å². The van der Waals surface area contributed by atoms with Crippen LogP contribution in [0.25, 0.3) is 10.9 Å². The quantitative estimate of drug-likeness (QED) is 0.371. The van der Waals surface area contributed by atoms with Crippen molar-refractivity contribution in [2.24, 2.45) is 0 Å². The first kappa shape index (κ1) is 25.3. The van der Waals surface area contributed by atoms with Crippen molar-refractivity contribution in [1.29, 1.82) is 0 Å². The molecule has 2 atom stereocenters. The maximum Gasteiger partial charge on any atom is 0.405 e. The van der Waals surface area contributed by atoms with E-state index in [1.165, 1.54) is 24.2 Å². The molecule has 0 spiro atoms. The highest BCUT2D eigenvalue weighted by Gasteiger charge is 2.40. The number of fused-ring (bicyclic) bond motifs is 1. The van der Waals surface area contributed by atoms with E-state index in [1.807, 2.05) is 18.2 Å². The summed E-state index contributed by atoms with van der Waals surface area (Å²) in [5, 5.41) is 16.0. The number of aromatic nitrogens is 1. The van der Waals surface area contributed by atoms with Crippen molar-refractivity contribution in [1.82, 2.24) is 25.4 Å². The molecule has 4 N–H and O–H groups in total. The lowest BCUT2D eigenvalue weighted by Crippen LogP contribution is -2.62. The van der Waals surface area contributed by atoms with Crippen LogP contribution in [0.2, 0.25) is 5.02 Å². The minimum absolute atomic E-state index is 0.232. The van der Waals surface area contributed by atoms with Crippen LogP contribution in [0.15, 0.2) is 24.4 Å². The summed E-state index contributed by atoms with van der Waals surface area (Å²) in [6, 6.07) is 4.34. The first-order chi connectivity index (χ1) is 16.9.